The van der Waals surface area contributed by atoms with E-state index < -0.39 is 4.92 Å². The molecule has 3 aromatic carbocycles. The number of rotatable bonds is 8. The number of anilines is 1. The number of benzene rings is 3. The number of nitrogens with zero attached hydrogens (tertiary/aromatic N) is 3. The van der Waals surface area contributed by atoms with Crippen LogP contribution in [0.3, 0.4) is 0 Å². The zero-order chi connectivity index (χ0) is 21.6. The summed E-state index contributed by atoms with van der Waals surface area (Å²) >= 11 is 0. The zero-order valence-electron chi connectivity index (χ0n) is 17.1. The van der Waals surface area contributed by atoms with Gasteiger partial charge in [0.15, 0.2) is 0 Å². The number of para-hydroxylation sites is 2. The van der Waals surface area contributed by atoms with Crippen LogP contribution in [0.15, 0.2) is 84.1 Å². The van der Waals surface area contributed by atoms with Crippen molar-refractivity contribution in [3.05, 3.63) is 100 Å². The molecule has 0 radical (unpaired) electrons. The van der Waals surface area contributed by atoms with Crippen molar-refractivity contribution in [1.82, 2.24) is 4.57 Å². The molecule has 0 bridgehead atoms. The van der Waals surface area contributed by atoms with E-state index in [4.69, 9.17) is 4.74 Å². The van der Waals surface area contributed by atoms with E-state index in [0.717, 1.165) is 27.8 Å². The molecule has 0 aliphatic heterocycles. The summed E-state index contributed by atoms with van der Waals surface area (Å²) in [7, 11) is 0. The Morgan fingerprint density at radius 2 is 1.81 bits per heavy atom. The zero-order valence-corrected chi connectivity index (χ0v) is 17.1. The van der Waals surface area contributed by atoms with Crippen molar-refractivity contribution in [2.24, 2.45) is 5.10 Å². The van der Waals surface area contributed by atoms with Gasteiger partial charge >= 0.3 is 0 Å². The van der Waals surface area contributed by atoms with Crippen LogP contribution >= 0.6 is 0 Å². The Hall–Kier alpha value is -4.13. The third-order valence-corrected chi connectivity index (χ3v) is 4.98. The van der Waals surface area contributed by atoms with Gasteiger partial charge in [0.25, 0.3) is 5.69 Å². The summed E-state index contributed by atoms with van der Waals surface area (Å²) in [4.78, 5) is 10.3. The Balaban J connectivity index is 1.46. The maximum Gasteiger partial charge on any atom is 0.269 e. The molecule has 4 aromatic rings. The molecule has 0 atom stereocenters. The standard InChI is InChI=1S/C24H22N4O3/c1-18-6-2-5-9-24(18)31-15-14-27-17-19(22-7-3-4-8-23(22)27)16-25-26-20-10-12-21(13-11-20)28(29)30/h2-13,16-17,26H,14-15H2,1H3/b25-16+. The summed E-state index contributed by atoms with van der Waals surface area (Å²) in [6, 6.07) is 22.3. The lowest BCUT2D eigenvalue weighted by molar-refractivity contribution is -0.384. The van der Waals surface area contributed by atoms with Crippen molar-refractivity contribution in [3.63, 3.8) is 0 Å². The quantitative estimate of drug-likeness (QED) is 0.238. The highest BCUT2D eigenvalue weighted by Crippen LogP contribution is 2.21. The SMILES string of the molecule is Cc1ccccc1OCCn1cc(/C=N/Nc2ccc([N+](=O)[O-])cc2)c2ccccc21. The third kappa shape index (κ3) is 4.72. The van der Waals surface area contributed by atoms with Gasteiger partial charge in [-0.2, -0.15) is 5.10 Å². The van der Waals surface area contributed by atoms with Crippen LogP contribution in [-0.4, -0.2) is 22.3 Å². The topological polar surface area (TPSA) is 81.7 Å². The van der Waals surface area contributed by atoms with Crippen molar-refractivity contribution in [2.75, 3.05) is 12.0 Å². The first-order valence-corrected chi connectivity index (χ1v) is 9.91. The van der Waals surface area contributed by atoms with Gasteiger partial charge in [-0.15, -0.1) is 0 Å². The predicted molar refractivity (Wildman–Crippen MR) is 123 cm³/mol. The van der Waals surface area contributed by atoms with Gasteiger partial charge in [0.2, 0.25) is 0 Å². The maximum atomic E-state index is 10.8. The average molecular weight is 414 g/mol. The van der Waals surface area contributed by atoms with E-state index in [0.29, 0.717) is 18.8 Å². The van der Waals surface area contributed by atoms with Gasteiger partial charge in [-0.1, -0.05) is 36.4 Å². The van der Waals surface area contributed by atoms with Gasteiger partial charge in [0.1, 0.15) is 12.4 Å². The average Bonchev–Trinajstić information content (AvgIpc) is 3.13. The molecule has 0 aliphatic carbocycles. The van der Waals surface area contributed by atoms with Crippen molar-refractivity contribution in [2.45, 2.75) is 13.5 Å². The Kier molecular flexibility index (Phi) is 5.93. The monoisotopic (exact) mass is 414 g/mol. The fourth-order valence-electron chi connectivity index (χ4n) is 3.37. The highest BCUT2D eigenvalue weighted by atomic mass is 16.6. The maximum absolute atomic E-state index is 10.8. The summed E-state index contributed by atoms with van der Waals surface area (Å²) in [6.45, 7) is 3.30. The normalized spacial score (nSPS) is 11.1. The fraction of sp³-hybridized carbons (Fsp3) is 0.125. The minimum absolute atomic E-state index is 0.0468. The van der Waals surface area contributed by atoms with Crippen molar-refractivity contribution < 1.29 is 9.66 Å². The van der Waals surface area contributed by atoms with E-state index in [2.05, 4.69) is 27.2 Å². The molecule has 1 heterocycles. The summed E-state index contributed by atoms with van der Waals surface area (Å²) < 4.78 is 8.10. The lowest BCUT2D eigenvalue weighted by Gasteiger charge is -2.10. The molecule has 4 rings (SSSR count). The second-order valence-corrected chi connectivity index (χ2v) is 7.08. The molecule has 0 unspecified atom stereocenters. The number of aryl methyl sites for hydroxylation is 1. The number of hydrogen-bond donors (Lipinski definition) is 1. The second kappa shape index (κ2) is 9.13. The molecule has 1 N–H and O–H groups in total. The van der Waals surface area contributed by atoms with E-state index in [1.54, 1.807) is 18.3 Å². The predicted octanol–water partition coefficient (Wildman–Crippen LogP) is 5.38. The summed E-state index contributed by atoms with van der Waals surface area (Å²) in [5.74, 6) is 0.896. The Morgan fingerprint density at radius 1 is 1.06 bits per heavy atom. The first-order chi connectivity index (χ1) is 15.1. The molecule has 0 saturated heterocycles. The van der Waals surface area contributed by atoms with Gasteiger partial charge in [0, 0.05) is 34.8 Å². The number of hydrazone groups is 1. The Labute approximate surface area is 179 Å². The molecule has 0 aliphatic rings. The van der Waals surface area contributed by atoms with Gasteiger partial charge in [-0.25, -0.2) is 0 Å². The Bertz CT molecular complexity index is 1230. The number of ether oxygens (including phenoxy) is 1. The smallest absolute Gasteiger partial charge is 0.269 e. The van der Waals surface area contributed by atoms with Crippen LogP contribution in [-0.2, 0) is 6.54 Å². The first-order valence-electron chi connectivity index (χ1n) is 9.91. The number of fused-ring (bicyclic) bond motifs is 1. The number of nitrogens with one attached hydrogen (secondary N) is 1. The van der Waals surface area contributed by atoms with Crippen LogP contribution in [0.5, 0.6) is 5.75 Å². The molecule has 0 saturated carbocycles. The number of nitro benzene ring substituents is 1. The lowest BCUT2D eigenvalue weighted by Crippen LogP contribution is -2.07. The van der Waals surface area contributed by atoms with Crippen LogP contribution in [0.1, 0.15) is 11.1 Å². The fourth-order valence-corrected chi connectivity index (χ4v) is 3.37. The van der Waals surface area contributed by atoms with Gasteiger partial charge in [-0.05, 0) is 36.8 Å². The van der Waals surface area contributed by atoms with Crippen molar-refractivity contribution in [3.8, 4) is 5.75 Å². The second-order valence-electron chi connectivity index (χ2n) is 7.08. The molecule has 7 heteroatoms. The summed E-state index contributed by atoms with van der Waals surface area (Å²) in [6.07, 6.45) is 3.80. The Morgan fingerprint density at radius 3 is 2.58 bits per heavy atom. The highest BCUT2D eigenvalue weighted by Gasteiger charge is 2.07. The van der Waals surface area contributed by atoms with E-state index in [9.17, 15) is 10.1 Å². The minimum Gasteiger partial charge on any atom is -0.491 e. The number of hydrogen-bond acceptors (Lipinski definition) is 5. The molecule has 156 valence electrons. The van der Waals surface area contributed by atoms with E-state index in [-0.39, 0.29) is 5.69 Å². The lowest BCUT2D eigenvalue weighted by atomic mass is 10.2. The van der Waals surface area contributed by atoms with Crippen LogP contribution in [0.2, 0.25) is 0 Å². The molecule has 0 amide bonds. The van der Waals surface area contributed by atoms with E-state index in [1.807, 2.05) is 49.5 Å². The first kappa shape index (κ1) is 20.2. The molecule has 7 nitrogen and oxygen atoms in total. The van der Waals surface area contributed by atoms with Crippen LogP contribution < -0.4 is 10.2 Å². The summed E-state index contributed by atoms with van der Waals surface area (Å²) in [5, 5.41) is 16.1. The molecule has 31 heavy (non-hydrogen) atoms. The van der Waals surface area contributed by atoms with Crippen LogP contribution in [0, 0.1) is 17.0 Å². The number of non-ortho nitro benzene ring substituents is 1. The van der Waals surface area contributed by atoms with E-state index in [1.165, 1.54) is 12.1 Å². The van der Waals surface area contributed by atoms with Gasteiger partial charge in [0.05, 0.1) is 23.4 Å². The third-order valence-electron chi connectivity index (χ3n) is 4.98. The van der Waals surface area contributed by atoms with E-state index >= 15 is 0 Å². The molecule has 1 aromatic heterocycles. The molecule has 0 spiro atoms. The highest BCUT2D eigenvalue weighted by molar-refractivity contribution is 5.99. The van der Waals surface area contributed by atoms with Crippen LogP contribution in [0.4, 0.5) is 11.4 Å². The van der Waals surface area contributed by atoms with Crippen molar-refractivity contribution in [1.29, 1.82) is 0 Å². The minimum atomic E-state index is -0.426. The molecular formula is C24H22N4O3. The molecular weight excluding hydrogens is 392 g/mol. The number of aromatic nitrogens is 1. The largest absolute Gasteiger partial charge is 0.491 e. The van der Waals surface area contributed by atoms with Gasteiger partial charge in [-0.3, -0.25) is 15.5 Å². The van der Waals surface area contributed by atoms with Crippen LogP contribution in [0.25, 0.3) is 10.9 Å². The van der Waals surface area contributed by atoms with Gasteiger partial charge < -0.3 is 9.30 Å². The summed E-state index contributed by atoms with van der Waals surface area (Å²) in [5.41, 5.74) is 6.83. The van der Waals surface area contributed by atoms with Crippen molar-refractivity contribution >= 4 is 28.5 Å². The molecule has 0 fully saturated rings. The number of nitro groups is 1.